The Morgan fingerprint density at radius 1 is 0.815 bits per heavy atom. The largest absolute Gasteiger partial charge is 0.494 e. The summed E-state index contributed by atoms with van der Waals surface area (Å²) in [5.41, 5.74) is 3.20. The highest BCUT2D eigenvalue weighted by Gasteiger charge is 2.00. The fraction of sp³-hybridized carbons (Fsp3) is 0.348. The van der Waals surface area contributed by atoms with Gasteiger partial charge in [-0.25, -0.2) is 4.79 Å². The smallest absolute Gasteiger partial charge is 0.330 e. The predicted molar refractivity (Wildman–Crippen MR) is 109 cm³/mol. The summed E-state index contributed by atoms with van der Waals surface area (Å²) in [6.07, 6.45) is 7.67. The number of ether oxygens (including phenoxy) is 3. The van der Waals surface area contributed by atoms with E-state index < -0.39 is 0 Å². The zero-order chi connectivity index (χ0) is 19.3. The van der Waals surface area contributed by atoms with Gasteiger partial charge in [0.25, 0.3) is 0 Å². The van der Waals surface area contributed by atoms with Gasteiger partial charge in [0.05, 0.1) is 13.7 Å². The van der Waals surface area contributed by atoms with E-state index in [2.05, 4.69) is 16.9 Å². The van der Waals surface area contributed by atoms with E-state index in [9.17, 15) is 4.79 Å². The van der Waals surface area contributed by atoms with E-state index in [1.165, 1.54) is 19.6 Å². The first-order valence-corrected chi connectivity index (χ1v) is 9.31. The van der Waals surface area contributed by atoms with Crippen molar-refractivity contribution in [2.45, 2.75) is 25.7 Å². The molecular formula is C23H28O4. The summed E-state index contributed by atoms with van der Waals surface area (Å²) in [5, 5.41) is 0. The molecule has 0 saturated carbocycles. The third kappa shape index (κ3) is 7.67. The molecule has 27 heavy (non-hydrogen) atoms. The third-order valence-corrected chi connectivity index (χ3v) is 4.22. The van der Waals surface area contributed by atoms with Gasteiger partial charge in [-0.1, -0.05) is 42.8 Å². The minimum absolute atomic E-state index is 0.357. The van der Waals surface area contributed by atoms with Gasteiger partial charge in [0, 0.05) is 19.8 Å². The van der Waals surface area contributed by atoms with Crippen LogP contribution >= 0.6 is 0 Å². The maximum Gasteiger partial charge on any atom is 0.330 e. The lowest BCUT2D eigenvalue weighted by Crippen LogP contribution is -1.97. The Kier molecular flexibility index (Phi) is 9.14. The molecule has 0 N–H and O–H groups in total. The monoisotopic (exact) mass is 368 g/mol. The average Bonchev–Trinajstić information content (AvgIpc) is 2.72. The summed E-state index contributed by atoms with van der Waals surface area (Å²) >= 11 is 0. The Bertz CT molecular complexity index is 702. The fourth-order valence-electron chi connectivity index (χ4n) is 2.65. The molecule has 0 fully saturated rings. The maximum absolute atomic E-state index is 11.1. The van der Waals surface area contributed by atoms with Crippen molar-refractivity contribution < 1.29 is 19.0 Å². The molecule has 0 atom stereocenters. The van der Waals surface area contributed by atoms with Crippen LogP contribution in [0.4, 0.5) is 0 Å². The summed E-state index contributed by atoms with van der Waals surface area (Å²) in [7, 11) is 3.11. The number of methoxy groups -OCH3 is 2. The average molecular weight is 368 g/mol. The molecule has 0 bridgehead atoms. The second kappa shape index (κ2) is 11.9. The molecule has 2 aromatic carbocycles. The Morgan fingerprint density at radius 2 is 1.41 bits per heavy atom. The first kappa shape index (κ1) is 20.7. The number of hydrogen-bond acceptors (Lipinski definition) is 4. The van der Waals surface area contributed by atoms with E-state index in [0.29, 0.717) is 0 Å². The molecule has 0 spiro atoms. The van der Waals surface area contributed by atoms with Gasteiger partial charge in [-0.2, -0.15) is 0 Å². The topological polar surface area (TPSA) is 44.8 Å². The summed E-state index contributed by atoms with van der Waals surface area (Å²) in [5.74, 6) is 0.540. The zero-order valence-electron chi connectivity index (χ0n) is 16.1. The molecule has 0 aliphatic heterocycles. The Balaban J connectivity index is 1.80. The van der Waals surface area contributed by atoms with Crippen LogP contribution in [0, 0.1) is 0 Å². The van der Waals surface area contributed by atoms with E-state index in [1.54, 1.807) is 13.2 Å². The number of hydrogen-bond donors (Lipinski definition) is 0. The molecule has 0 aliphatic carbocycles. The van der Waals surface area contributed by atoms with E-state index in [0.717, 1.165) is 54.9 Å². The van der Waals surface area contributed by atoms with Crippen molar-refractivity contribution >= 4 is 12.0 Å². The number of carbonyl (C=O) groups is 1. The third-order valence-electron chi connectivity index (χ3n) is 4.22. The summed E-state index contributed by atoms with van der Waals surface area (Å²) < 4.78 is 15.4. The highest BCUT2D eigenvalue weighted by Crippen LogP contribution is 2.23. The number of carbonyl (C=O) groups excluding carboxylic acids is 1. The van der Waals surface area contributed by atoms with Gasteiger partial charge in [-0.3, -0.25) is 0 Å². The van der Waals surface area contributed by atoms with Crippen LogP contribution in [-0.4, -0.2) is 33.4 Å². The lowest BCUT2D eigenvalue weighted by atomic mass is 10.0. The van der Waals surface area contributed by atoms with Gasteiger partial charge >= 0.3 is 5.97 Å². The van der Waals surface area contributed by atoms with E-state index in [-0.39, 0.29) is 5.97 Å². The fourth-order valence-corrected chi connectivity index (χ4v) is 2.65. The van der Waals surface area contributed by atoms with Crippen LogP contribution in [0.5, 0.6) is 5.75 Å². The second-order valence-corrected chi connectivity index (χ2v) is 6.26. The van der Waals surface area contributed by atoms with Crippen LogP contribution in [0.1, 0.15) is 31.2 Å². The number of benzene rings is 2. The lowest BCUT2D eigenvalue weighted by Gasteiger charge is -2.08. The van der Waals surface area contributed by atoms with Crippen molar-refractivity contribution in [3.8, 4) is 16.9 Å². The highest BCUT2D eigenvalue weighted by atomic mass is 16.5. The highest BCUT2D eigenvalue weighted by molar-refractivity contribution is 5.87. The number of rotatable bonds is 11. The van der Waals surface area contributed by atoms with Crippen molar-refractivity contribution in [2.24, 2.45) is 0 Å². The Labute approximate surface area is 161 Å². The molecule has 4 nitrogen and oxygen atoms in total. The van der Waals surface area contributed by atoms with Gasteiger partial charge in [0.2, 0.25) is 0 Å². The van der Waals surface area contributed by atoms with Crippen molar-refractivity contribution in [1.82, 2.24) is 0 Å². The van der Waals surface area contributed by atoms with Crippen LogP contribution in [0.25, 0.3) is 17.2 Å². The van der Waals surface area contributed by atoms with Gasteiger partial charge in [0.15, 0.2) is 0 Å². The number of esters is 1. The standard InChI is InChI=1S/C23H28O4/c1-25-17-5-3-4-6-18-27-22-14-12-21(13-15-22)20-10-7-19(8-11-20)9-16-23(24)26-2/h7-16H,3-6,17-18H2,1-2H3/b16-9+. The lowest BCUT2D eigenvalue weighted by molar-refractivity contribution is -0.134. The number of unbranched alkanes of at least 4 members (excludes halogenated alkanes) is 3. The van der Waals surface area contributed by atoms with Gasteiger partial charge in [-0.05, 0) is 54.2 Å². The van der Waals surface area contributed by atoms with Crippen LogP contribution in [0.3, 0.4) is 0 Å². The van der Waals surface area contributed by atoms with Crippen LogP contribution in [-0.2, 0) is 14.3 Å². The molecule has 0 aromatic heterocycles. The van der Waals surface area contributed by atoms with Crippen molar-refractivity contribution in [3.05, 3.63) is 60.2 Å². The second-order valence-electron chi connectivity index (χ2n) is 6.26. The molecule has 0 heterocycles. The summed E-state index contributed by atoms with van der Waals surface area (Å²) in [4.78, 5) is 11.1. The predicted octanol–water partition coefficient (Wildman–Crippen LogP) is 5.13. The van der Waals surface area contributed by atoms with Crippen LogP contribution in [0.15, 0.2) is 54.6 Å². The summed E-state index contributed by atoms with van der Waals surface area (Å²) in [6.45, 7) is 1.58. The SMILES string of the molecule is COCCCCCCOc1ccc(-c2ccc(/C=C/C(=O)OC)cc2)cc1. The minimum atomic E-state index is -0.357. The molecule has 4 heteroatoms. The minimum Gasteiger partial charge on any atom is -0.494 e. The van der Waals surface area contributed by atoms with Gasteiger partial charge < -0.3 is 14.2 Å². The molecule has 0 unspecified atom stereocenters. The molecule has 0 radical (unpaired) electrons. The maximum atomic E-state index is 11.1. The van der Waals surface area contributed by atoms with Crippen molar-refractivity contribution in [2.75, 3.05) is 27.4 Å². The molecular weight excluding hydrogens is 340 g/mol. The molecule has 0 saturated heterocycles. The molecule has 144 valence electrons. The molecule has 2 aromatic rings. The Hall–Kier alpha value is -2.59. The molecule has 0 amide bonds. The van der Waals surface area contributed by atoms with Gasteiger partial charge in [0.1, 0.15) is 5.75 Å². The Morgan fingerprint density at radius 3 is 2.00 bits per heavy atom. The van der Waals surface area contributed by atoms with E-state index in [1.807, 2.05) is 36.4 Å². The summed E-state index contributed by atoms with van der Waals surface area (Å²) in [6, 6.07) is 16.2. The first-order chi connectivity index (χ1) is 13.2. The van der Waals surface area contributed by atoms with E-state index in [4.69, 9.17) is 9.47 Å². The van der Waals surface area contributed by atoms with Gasteiger partial charge in [-0.15, -0.1) is 0 Å². The normalized spacial score (nSPS) is 10.9. The van der Waals surface area contributed by atoms with Crippen LogP contribution < -0.4 is 4.74 Å². The first-order valence-electron chi connectivity index (χ1n) is 9.31. The molecule has 0 aliphatic rings. The van der Waals surface area contributed by atoms with Crippen LogP contribution in [0.2, 0.25) is 0 Å². The molecule has 2 rings (SSSR count). The van der Waals surface area contributed by atoms with E-state index >= 15 is 0 Å². The zero-order valence-corrected chi connectivity index (χ0v) is 16.1. The quantitative estimate of drug-likeness (QED) is 0.313. The van der Waals surface area contributed by atoms with Crippen molar-refractivity contribution in [3.63, 3.8) is 0 Å². The van der Waals surface area contributed by atoms with Crippen molar-refractivity contribution in [1.29, 1.82) is 0 Å².